The molecule has 2 saturated heterocycles. The second-order valence-corrected chi connectivity index (χ2v) is 12.6. The molecule has 2 aliphatic heterocycles. The molecule has 3 aliphatic carbocycles. The predicted octanol–water partition coefficient (Wildman–Crippen LogP) is 4.56. The number of ketones is 1. The van der Waals surface area contributed by atoms with Crippen LogP contribution in [0.25, 0.3) is 0 Å². The van der Waals surface area contributed by atoms with Crippen LogP contribution in [0.2, 0.25) is 0 Å². The van der Waals surface area contributed by atoms with E-state index in [1.807, 2.05) is 19.9 Å². The van der Waals surface area contributed by atoms with E-state index in [-0.39, 0.29) is 35.0 Å². The van der Waals surface area contributed by atoms with Gasteiger partial charge in [-0.05, 0) is 48.7 Å². The maximum Gasteiger partial charge on any atom is 0.339 e. The molecular weight excluding hydrogens is 448 g/mol. The number of hydrogen-bond acceptors (Lipinski definition) is 7. The molecule has 35 heavy (non-hydrogen) atoms. The lowest BCUT2D eigenvalue weighted by Gasteiger charge is -2.68. The van der Waals surface area contributed by atoms with Gasteiger partial charge >= 0.3 is 11.9 Å². The van der Waals surface area contributed by atoms with Crippen molar-refractivity contribution >= 4 is 17.7 Å². The molecule has 1 spiro atoms. The molecule has 0 radical (unpaired) electrons. The van der Waals surface area contributed by atoms with E-state index in [9.17, 15) is 14.4 Å². The van der Waals surface area contributed by atoms with Crippen molar-refractivity contribution in [2.24, 2.45) is 33.5 Å². The Bertz CT molecular complexity index is 1150. The van der Waals surface area contributed by atoms with Gasteiger partial charge in [-0.15, -0.1) is 0 Å². The van der Waals surface area contributed by atoms with Gasteiger partial charge in [-0.2, -0.15) is 0 Å². The summed E-state index contributed by atoms with van der Waals surface area (Å²) in [6.07, 6.45) is 7.46. The first-order valence-corrected chi connectivity index (χ1v) is 12.7. The van der Waals surface area contributed by atoms with Gasteiger partial charge in [-0.1, -0.05) is 40.7 Å². The minimum Gasteiger partial charge on any atom is -0.472 e. The van der Waals surface area contributed by atoms with Crippen LogP contribution in [0.4, 0.5) is 0 Å². The van der Waals surface area contributed by atoms with Crippen molar-refractivity contribution in [3.8, 4) is 0 Å². The Morgan fingerprint density at radius 3 is 2.49 bits per heavy atom. The second kappa shape index (κ2) is 6.67. The fourth-order valence-corrected chi connectivity index (χ4v) is 9.20. The Hall–Kier alpha value is -2.41. The van der Waals surface area contributed by atoms with Crippen LogP contribution in [0.5, 0.6) is 0 Å². The summed E-state index contributed by atoms with van der Waals surface area (Å²) in [5.74, 6) is -0.603. The summed E-state index contributed by atoms with van der Waals surface area (Å²) >= 11 is 0. The number of allylic oxidation sites excluding steroid dienone is 2. The number of hydrogen-bond donors (Lipinski definition) is 0. The maximum atomic E-state index is 13.2. The maximum absolute atomic E-state index is 13.2. The summed E-state index contributed by atoms with van der Waals surface area (Å²) in [5.41, 5.74) is -2.15. The van der Waals surface area contributed by atoms with E-state index in [1.165, 1.54) is 6.92 Å². The van der Waals surface area contributed by atoms with Crippen LogP contribution in [0.15, 0.2) is 35.2 Å². The number of fused-ring (bicyclic) bond motifs is 3. The van der Waals surface area contributed by atoms with Crippen molar-refractivity contribution in [1.82, 2.24) is 0 Å². The number of carbonyl (C=O) groups is 3. The van der Waals surface area contributed by atoms with Gasteiger partial charge in [-0.25, -0.2) is 4.79 Å². The van der Waals surface area contributed by atoms with E-state index in [0.717, 1.165) is 18.4 Å². The lowest BCUT2D eigenvalue weighted by Crippen LogP contribution is -2.72. The number of rotatable bonds is 2. The normalized spacial score (nSPS) is 49.1. The molecule has 4 fully saturated rings. The van der Waals surface area contributed by atoms with Gasteiger partial charge in [0.1, 0.15) is 17.8 Å². The molecule has 3 heterocycles. The van der Waals surface area contributed by atoms with E-state index >= 15 is 0 Å². The molecular formula is C28H34O7. The molecule has 188 valence electrons. The van der Waals surface area contributed by atoms with Crippen LogP contribution < -0.4 is 0 Å². The lowest BCUT2D eigenvalue weighted by atomic mass is 9.35. The predicted molar refractivity (Wildman–Crippen MR) is 124 cm³/mol. The monoisotopic (exact) mass is 482 g/mol. The van der Waals surface area contributed by atoms with E-state index in [1.54, 1.807) is 18.6 Å². The van der Waals surface area contributed by atoms with Crippen molar-refractivity contribution in [3.05, 3.63) is 36.3 Å². The highest BCUT2D eigenvalue weighted by Crippen LogP contribution is 2.79. The zero-order valence-corrected chi connectivity index (χ0v) is 21.3. The van der Waals surface area contributed by atoms with Gasteiger partial charge in [0.15, 0.2) is 11.9 Å². The summed E-state index contributed by atoms with van der Waals surface area (Å²) < 4.78 is 24.0. The van der Waals surface area contributed by atoms with E-state index < -0.39 is 40.2 Å². The van der Waals surface area contributed by atoms with Crippen LogP contribution in [0.1, 0.15) is 72.5 Å². The average molecular weight is 483 g/mol. The Morgan fingerprint density at radius 1 is 1.09 bits per heavy atom. The second-order valence-electron chi connectivity index (χ2n) is 12.6. The Kier molecular flexibility index (Phi) is 4.38. The molecule has 0 N–H and O–H groups in total. The number of carbonyl (C=O) groups excluding carboxylic acids is 3. The summed E-state index contributed by atoms with van der Waals surface area (Å²) in [6.45, 7) is 12.0. The summed E-state index contributed by atoms with van der Waals surface area (Å²) in [7, 11) is 0. The van der Waals surface area contributed by atoms with Crippen molar-refractivity contribution in [3.63, 3.8) is 0 Å². The minimum absolute atomic E-state index is 0.00639. The van der Waals surface area contributed by atoms with Crippen LogP contribution in [0, 0.1) is 33.5 Å². The van der Waals surface area contributed by atoms with Crippen molar-refractivity contribution in [1.29, 1.82) is 0 Å². The molecule has 7 nitrogen and oxygen atoms in total. The highest BCUT2D eigenvalue weighted by Gasteiger charge is 2.88. The molecule has 1 aromatic rings. The van der Waals surface area contributed by atoms with Gasteiger partial charge in [0.05, 0.1) is 12.5 Å². The standard InChI is InChI=1S/C28H34O7/c1-15(29)33-20-13-18-24(2,3)19(30)8-10-25(18,4)17-7-11-26(5)21(16-9-12-32-14-16)34-23(31)22-28(26,35-22)27(17,20)6/h8-10,12,14,17-18,20-22H,7,11,13H2,1-6H3/t17?,18?,20?,21?,22?,25-,26+,27+,28+/m1/s1. The van der Waals surface area contributed by atoms with Gasteiger partial charge < -0.3 is 18.6 Å². The number of ether oxygens (including phenoxy) is 3. The minimum atomic E-state index is -0.853. The molecule has 1 aromatic heterocycles. The quantitative estimate of drug-likeness (QED) is 0.450. The van der Waals surface area contributed by atoms with E-state index in [0.29, 0.717) is 6.42 Å². The van der Waals surface area contributed by atoms with Crippen LogP contribution in [-0.2, 0) is 28.6 Å². The first-order chi connectivity index (χ1) is 16.3. The number of cyclic esters (lactones) is 1. The van der Waals surface area contributed by atoms with Gasteiger partial charge in [0.25, 0.3) is 0 Å². The van der Waals surface area contributed by atoms with Crippen molar-refractivity contribution in [2.75, 3.05) is 0 Å². The van der Waals surface area contributed by atoms with Crippen LogP contribution >= 0.6 is 0 Å². The fraction of sp³-hybridized carbons (Fsp3) is 0.679. The van der Waals surface area contributed by atoms with Crippen LogP contribution in [-0.4, -0.2) is 35.5 Å². The molecule has 0 aromatic carbocycles. The summed E-state index contributed by atoms with van der Waals surface area (Å²) in [6, 6.07) is 1.84. The molecule has 7 heteroatoms. The van der Waals surface area contributed by atoms with Gasteiger partial charge in [0.2, 0.25) is 0 Å². The summed E-state index contributed by atoms with van der Waals surface area (Å²) in [5, 5.41) is 0. The lowest BCUT2D eigenvalue weighted by molar-refractivity contribution is -0.251. The third-order valence-electron chi connectivity index (χ3n) is 10.8. The molecule has 0 bridgehead atoms. The first-order valence-electron chi connectivity index (χ1n) is 12.7. The highest BCUT2D eigenvalue weighted by molar-refractivity contribution is 5.95. The largest absolute Gasteiger partial charge is 0.472 e. The molecule has 5 unspecified atom stereocenters. The van der Waals surface area contributed by atoms with Crippen molar-refractivity contribution in [2.45, 2.75) is 84.7 Å². The molecule has 6 rings (SSSR count). The van der Waals surface area contributed by atoms with Crippen LogP contribution in [0.3, 0.4) is 0 Å². The molecule has 5 aliphatic rings. The highest BCUT2D eigenvalue weighted by atomic mass is 16.7. The Balaban J connectivity index is 1.55. The number of furan rings is 1. The van der Waals surface area contributed by atoms with Gasteiger partial charge in [0, 0.05) is 28.7 Å². The first kappa shape index (κ1) is 23.0. The fourth-order valence-electron chi connectivity index (χ4n) is 9.20. The smallest absolute Gasteiger partial charge is 0.339 e. The number of esters is 2. The van der Waals surface area contributed by atoms with Gasteiger partial charge in [-0.3, -0.25) is 9.59 Å². The zero-order valence-electron chi connectivity index (χ0n) is 21.3. The van der Waals surface area contributed by atoms with E-state index in [2.05, 4.69) is 26.8 Å². The van der Waals surface area contributed by atoms with E-state index in [4.69, 9.17) is 18.6 Å². The average Bonchev–Trinajstić information content (AvgIpc) is 3.35. The Morgan fingerprint density at radius 2 is 1.83 bits per heavy atom. The topological polar surface area (TPSA) is 95.3 Å². The van der Waals surface area contributed by atoms with Crippen molar-refractivity contribution < 1.29 is 33.0 Å². The summed E-state index contributed by atoms with van der Waals surface area (Å²) in [4.78, 5) is 38.6. The molecule has 2 saturated carbocycles. The molecule has 0 amide bonds. The Labute approximate surface area is 205 Å². The molecule has 9 atom stereocenters. The zero-order chi connectivity index (χ0) is 25.2. The third kappa shape index (κ3) is 2.48. The number of epoxide rings is 1. The SMILES string of the molecule is CC(=O)OC1CC2C(C)(C)C(=O)C=C[C@]2(C)C2CC[C@@]3(C)C(c4ccoc4)OC(=O)C4O[C@@]43[C@]12C. The third-order valence-corrected chi connectivity index (χ3v) is 10.8.